The van der Waals surface area contributed by atoms with Gasteiger partial charge in [-0.05, 0) is 55.0 Å². The number of nitrogens with zero attached hydrogens (tertiary/aromatic N) is 1. The van der Waals surface area contributed by atoms with Crippen molar-refractivity contribution in [2.24, 2.45) is 0 Å². The highest BCUT2D eigenvalue weighted by atomic mass is 32.2. The van der Waals surface area contributed by atoms with Crippen molar-refractivity contribution >= 4 is 33.3 Å². The summed E-state index contributed by atoms with van der Waals surface area (Å²) in [6, 6.07) is 20.7. The van der Waals surface area contributed by atoms with Gasteiger partial charge in [-0.15, -0.1) is 0 Å². The summed E-state index contributed by atoms with van der Waals surface area (Å²) in [6.45, 7) is 1.87. The molecule has 0 aromatic heterocycles. The van der Waals surface area contributed by atoms with Crippen molar-refractivity contribution in [2.75, 3.05) is 29.9 Å². The quantitative estimate of drug-likeness (QED) is 0.310. The fourth-order valence-corrected chi connectivity index (χ4v) is 4.72. The minimum absolute atomic E-state index is 0.0460. The van der Waals surface area contributed by atoms with Gasteiger partial charge in [-0.3, -0.25) is 9.10 Å². The van der Waals surface area contributed by atoms with E-state index in [1.54, 1.807) is 66.7 Å². The lowest BCUT2D eigenvalue weighted by molar-refractivity contribution is -0.114. The number of sulfonamides is 1. The van der Waals surface area contributed by atoms with Crippen LogP contribution in [0.4, 0.5) is 11.4 Å². The van der Waals surface area contributed by atoms with Crippen molar-refractivity contribution in [1.82, 2.24) is 0 Å². The third kappa shape index (κ3) is 6.60. The van der Waals surface area contributed by atoms with Crippen LogP contribution in [0.1, 0.15) is 30.1 Å². The number of rotatable bonds is 11. The molecular formula is C26H28N2O6S. The van der Waals surface area contributed by atoms with Crippen LogP contribution in [0.15, 0.2) is 83.8 Å². The number of anilines is 2. The average Bonchev–Trinajstić information content (AvgIpc) is 2.88. The molecule has 35 heavy (non-hydrogen) atoms. The summed E-state index contributed by atoms with van der Waals surface area (Å²) in [5.41, 5.74) is 1.01. The molecular weight excluding hydrogens is 468 g/mol. The molecule has 9 heteroatoms. The van der Waals surface area contributed by atoms with Crippen LogP contribution in [0.2, 0.25) is 0 Å². The minimum Gasteiger partial charge on any atom is -0.495 e. The van der Waals surface area contributed by atoms with Gasteiger partial charge in [-0.1, -0.05) is 43.7 Å². The number of amides is 1. The second-order valence-electron chi connectivity index (χ2n) is 7.61. The molecule has 1 amide bonds. The predicted molar refractivity (Wildman–Crippen MR) is 134 cm³/mol. The number of esters is 1. The molecule has 0 fully saturated rings. The summed E-state index contributed by atoms with van der Waals surface area (Å²) >= 11 is 0. The number of hydrogen-bond donors (Lipinski definition) is 1. The van der Waals surface area contributed by atoms with Gasteiger partial charge < -0.3 is 14.8 Å². The molecule has 0 bridgehead atoms. The highest BCUT2D eigenvalue weighted by molar-refractivity contribution is 7.92. The van der Waals surface area contributed by atoms with Gasteiger partial charge in [0.1, 0.15) is 12.3 Å². The number of unbranched alkanes of at least 4 members (excludes halogenated alkanes) is 1. The third-order valence-corrected chi connectivity index (χ3v) is 6.88. The molecule has 3 rings (SSSR count). The Bertz CT molecular complexity index is 1240. The lowest BCUT2D eigenvalue weighted by atomic mass is 10.2. The molecule has 3 aromatic rings. The van der Waals surface area contributed by atoms with Gasteiger partial charge >= 0.3 is 5.97 Å². The molecule has 0 aliphatic rings. The van der Waals surface area contributed by atoms with Crippen molar-refractivity contribution < 1.29 is 27.5 Å². The first-order valence-electron chi connectivity index (χ1n) is 11.1. The summed E-state index contributed by atoms with van der Waals surface area (Å²) < 4.78 is 38.4. The summed E-state index contributed by atoms with van der Waals surface area (Å²) in [6.07, 6.45) is 1.71. The van der Waals surface area contributed by atoms with Gasteiger partial charge in [-0.25, -0.2) is 13.2 Å². The second kappa shape index (κ2) is 12.0. The smallest absolute Gasteiger partial charge is 0.338 e. The lowest BCUT2D eigenvalue weighted by Gasteiger charge is -2.25. The molecule has 8 nitrogen and oxygen atoms in total. The van der Waals surface area contributed by atoms with Crippen LogP contribution < -0.4 is 14.4 Å². The van der Waals surface area contributed by atoms with Gasteiger partial charge in [0.05, 0.1) is 29.9 Å². The largest absolute Gasteiger partial charge is 0.495 e. The number of benzene rings is 3. The van der Waals surface area contributed by atoms with Crippen LogP contribution in [-0.4, -0.2) is 40.6 Å². The Kier molecular flexibility index (Phi) is 8.86. The van der Waals surface area contributed by atoms with E-state index in [0.29, 0.717) is 23.6 Å². The topological polar surface area (TPSA) is 102 Å². The van der Waals surface area contributed by atoms with Gasteiger partial charge in [0.2, 0.25) is 5.91 Å². The van der Waals surface area contributed by atoms with E-state index >= 15 is 0 Å². The van der Waals surface area contributed by atoms with Crippen molar-refractivity contribution in [3.05, 3.63) is 84.4 Å². The molecule has 0 radical (unpaired) electrons. The third-order valence-electron chi connectivity index (χ3n) is 5.11. The standard InChI is InChI=1S/C26H28N2O6S/c1-3-4-18-34-26(30)20-14-16-21(17-15-20)27-25(29)19-28(23-12-8-9-13-24(23)33-2)35(31,32)22-10-6-5-7-11-22/h5-17H,3-4,18-19H2,1-2H3,(H,27,29). The number of carbonyl (C=O) groups is 2. The van der Waals surface area contributed by atoms with E-state index in [2.05, 4.69) is 5.32 Å². The zero-order valence-corrected chi connectivity index (χ0v) is 20.5. The Labute approximate surface area is 205 Å². The lowest BCUT2D eigenvalue weighted by Crippen LogP contribution is -2.38. The van der Waals surface area contributed by atoms with E-state index in [4.69, 9.17) is 9.47 Å². The highest BCUT2D eigenvalue weighted by Crippen LogP contribution is 2.32. The number of methoxy groups -OCH3 is 1. The summed E-state index contributed by atoms with van der Waals surface area (Å²) in [4.78, 5) is 25.0. The Morgan fingerprint density at radius 2 is 1.57 bits per heavy atom. The molecule has 0 heterocycles. The van der Waals surface area contributed by atoms with Crippen LogP contribution in [-0.2, 0) is 19.6 Å². The number of ether oxygens (including phenoxy) is 2. The maximum absolute atomic E-state index is 13.5. The molecule has 0 saturated carbocycles. The number of carbonyl (C=O) groups excluding carboxylic acids is 2. The van der Waals surface area contributed by atoms with Gasteiger partial charge in [0.25, 0.3) is 10.0 Å². The van der Waals surface area contributed by atoms with Crippen molar-refractivity contribution in [3.63, 3.8) is 0 Å². The van der Waals surface area contributed by atoms with Crippen LogP contribution >= 0.6 is 0 Å². The maximum atomic E-state index is 13.5. The summed E-state index contributed by atoms with van der Waals surface area (Å²) in [7, 11) is -2.64. The van der Waals surface area contributed by atoms with Crippen LogP contribution in [0, 0.1) is 0 Å². The van der Waals surface area contributed by atoms with E-state index in [1.807, 2.05) is 6.92 Å². The Balaban J connectivity index is 1.80. The molecule has 0 aliphatic heterocycles. The van der Waals surface area contributed by atoms with Gasteiger partial charge in [-0.2, -0.15) is 0 Å². The Hall–Kier alpha value is -3.85. The first-order valence-corrected chi connectivity index (χ1v) is 12.6. The molecule has 1 N–H and O–H groups in total. The monoisotopic (exact) mass is 496 g/mol. The zero-order chi connectivity index (χ0) is 25.3. The molecule has 0 atom stereocenters. The van der Waals surface area contributed by atoms with Gasteiger partial charge in [0.15, 0.2) is 0 Å². The molecule has 184 valence electrons. The SMILES string of the molecule is CCCCOC(=O)c1ccc(NC(=O)CN(c2ccccc2OC)S(=O)(=O)c2ccccc2)cc1. The maximum Gasteiger partial charge on any atom is 0.338 e. The molecule has 0 aliphatic carbocycles. The number of nitrogens with one attached hydrogen (secondary N) is 1. The normalized spacial score (nSPS) is 10.9. The number of hydrogen-bond acceptors (Lipinski definition) is 6. The van der Waals surface area contributed by atoms with Crippen molar-refractivity contribution in [3.8, 4) is 5.75 Å². The van der Waals surface area contributed by atoms with Crippen LogP contribution in [0.5, 0.6) is 5.75 Å². The van der Waals surface area contributed by atoms with Crippen molar-refractivity contribution in [2.45, 2.75) is 24.7 Å². The van der Waals surface area contributed by atoms with E-state index in [1.165, 1.54) is 19.2 Å². The Morgan fingerprint density at radius 1 is 0.914 bits per heavy atom. The zero-order valence-electron chi connectivity index (χ0n) is 19.6. The molecule has 3 aromatic carbocycles. The Morgan fingerprint density at radius 3 is 2.23 bits per heavy atom. The fraction of sp³-hybridized carbons (Fsp3) is 0.231. The van der Waals surface area contributed by atoms with Crippen molar-refractivity contribution in [1.29, 1.82) is 0 Å². The van der Waals surface area contributed by atoms with E-state index in [-0.39, 0.29) is 10.6 Å². The first-order chi connectivity index (χ1) is 16.9. The fourth-order valence-electron chi connectivity index (χ4n) is 3.27. The molecule has 0 saturated heterocycles. The second-order valence-corrected chi connectivity index (χ2v) is 9.47. The average molecular weight is 497 g/mol. The summed E-state index contributed by atoms with van der Waals surface area (Å²) in [5, 5.41) is 2.68. The van der Waals surface area contributed by atoms with Crippen LogP contribution in [0.3, 0.4) is 0 Å². The summed E-state index contributed by atoms with van der Waals surface area (Å²) in [5.74, 6) is -0.688. The molecule has 0 unspecified atom stereocenters. The van der Waals surface area contributed by atoms with Crippen LogP contribution in [0.25, 0.3) is 0 Å². The van der Waals surface area contributed by atoms with E-state index in [0.717, 1.165) is 17.1 Å². The van der Waals surface area contributed by atoms with Gasteiger partial charge in [0, 0.05) is 5.69 Å². The first kappa shape index (κ1) is 25.8. The highest BCUT2D eigenvalue weighted by Gasteiger charge is 2.29. The minimum atomic E-state index is -4.07. The van der Waals surface area contributed by atoms with E-state index in [9.17, 15) is 18.0 Å². The van der Waals surface area contributed by atoms with E-state index < -0.39 is 28.4 Å². The molecule has 0 spiro atoms. The number of para-hydroxylation sites is 2. The predicted octanol–water partition coefficient (Wildman–Crippen LogP) is 4.49.